The molecule has 2 amide bonds. The second kappa shape index (κ2) is 3.14. The monoisotopic (exact) mass is 193 g/mol. The van der Waals surface area contributed by atoms with Crippen LogP contribution in [0.25, 0.3) is 0 Å². The van der Waals surface area contributed by atoms with Crippen LogP contribution in [0.5, 0.6) is 0 Å². The molecular formula is C9H7NO2S. The van der Waals surface area contributed by atoms with E-state index in [1.165, 1.54) is 6.08 Å². The molecule has 2 heterocycles. The van der Waals surface area contributed by atoms with Crippen molar-refractivity contribution < 1.29 is 9.59 Å². The smallest absolute Gasteiger partial charge is 0.254 e. The SMILES string of the molecule is O=C1C=C(Cc2cccs2)C(=O)N1. The lowest BCUT2D eigenvalue weighted by Gasteiger charge is -1.95. The average molecular weight is 193 g/mol. The normalized spacial score (nSPS) is 15.8. The zero-order valence-electron chi connectivity index (χ0n) is 6.74. The standard InChI is InChI=1S/C9H7NO2S/c11-8-5-6(9(12)10-8)4-7-2-1-3-13-7/h1-3,5H,4H2,(H,10,11,12). The van der Waals surface area contributed by atoms with Gasteiger partial charge in [-0.1, -0.05) is 6.07 Å². The number of imide groups is 1. The van der Waals surface area contributed by atoms with E-state index in [1.807, 2.05) is 17.5 Å². The Bertz CT molecular complexity index is 378. The first-order chi connectivity index (χ1) is 6.25. The van der Waals surface area contributed by atoms with E-state index in [-0.39, 0.29) is 11.8 Å². The highest BCUT2D eigenvalue weighted by molar-refractivity contribution is 7.09. The largest absolute Gasteiger partial charge is 0.289 e. The minimum atomic E-state index is -0.309. The van der Waals surface area contributed by atoms with Gasteiger partial charge in [0.25, 0.3) is 11.8 Å². The number of carbonyl (C=O) groups excluding carboxylic acids is 2. The molecule has 1 aliphatic rings. The zero-order valence-corrected chi connectivity index (χ0v) is 7.56. The van der Waals surface area contributed by atoms with Crippen LogP contribution in [0, 0.1) is 0 Å². The Kier molecular flexibility index (Phi) is 1.98. The number of rotatable bonds is 2. The molecule has 13 heavy (non-hydrogen) atoms. The molecule has 66 valence electrons. The van der Waals surface area contributed by atoms with Gasteiger partial charge in [0.05, 0.1) is 0 Å². The van der Waals surface area contributed by atoms with E-state index < -0.39 is 0 Å². The predicted molar refractivity (Wildman–Crippen MR) is 49.3 cm³/mol. The topological polar surface area (TPSA) is 46.2 Å². The number of hydrogen-bond acceptors (Lipinski definition) is 3. The summed E-state index contributed by atoms with van der Waals surface area (Å²) in [7, 11) is 0. The molecule has 0 spiro atoms. The van der Waals surface area contributed by atoms with Crippen molar-refractivity contribution in [3.63, 3.8) is 0 Å². The second-order valence-corrected chi connectivity index (χ2v) is 3.78. The minimum Gasteiger partial charge on any atom is -0.289 e. The summed E-state index contributed by atoms with van der Waals surface area (Å²) in [4.78, 5) is 23.0. The van der Waals surface area contributed by atoms with Crippen LogP contribution in [0.2, 0.25) is 0 Å². The minimum absolute atomic E-state index is 0.265. The Hall–Kier alpha value is -1.42. The van der Waals surface area contributed by atoms with Crippen LogP contribution >= 0.6 is 11.3 Å². The van der Waals surface area contributed by atoms with E-state index in [2.05, 4.69) is 5.32 Å². The number of hydrogen-bond donors (Lipinski definition) is 1. The first kappa shape index (κ1) is 8.19. The van der Waals surface area contributed by atoms with E-state index in [0.29, 0.717) is 12.0 Å². The summed E-state index contributed by atoms with van der Waals surface area (Å²) in [5, 5.41) is 4.16. The van der Waals surface area contributed by atoms with Gasteiger partial charge in [0.2, 0.25) is 0 Å². The van der Waals surface area contributed by atoms with Crippen LogP contribution in [0.15, 0.2) is 29.2 Å². The molecule has 0 unspecified atom stereocenters. The first-order valence-electron chi connectivity index (χ1n) is 3.84. The maximum atomic E-state index is 11.1. The van der Waals surface area contributed by atoms with Gasteiger partial charge in [-0.15, -0.1) is 11.3 Å². The van der Waals surface area contributed by atoms with Crippen molar-refractivity contribution in [3.8, 4) is 0 Å². The second-order valence-electron chi connectivity index (χ2n) is 2.74. The van der Waals surface area contributed by atoms with Crippen molar-refractivity contribution in [1.29, 1.82) is 0 Å². The van der Waals surface area contributed by atoms with Gasteiger partial charge < -0.3 is 0 Å². The molecular weight excluding hydrogens is 186 g/mol. The molecule has 1 N–H and O–H groups in total. The molecule has 2 rings (SSSR count). The molecule has 1 aliphatic heterocycles. The van der Waals surface area contributed by atoms with E-state index in [0.717, 1.165) is 4.88 Å². The molecule has 0 saturated heterocycles. The van der Waals surface area contributed by atoms with Gasteiger partial charge in [0, 0.05) is 22.9 Å². The van der Waals surface area contributed by atoms with Crippen molar-refractivity contribution in [2.24, 2.45) is 0 Å². The third-order valence-electron chi connectivity index (χ3n) is 1.78. The van der Waals surface area contributed by atoms with Crippen molar-refractivity contribution in [3.05, 3.63) is 34.0 Å². The van der Waals surface area contributed by atoms with Crippen LogP contribution in [0.3, 0.4) is 0 Å². The lowest BCUT2D eigenvalue weighted by molar-refractivity contribution is -0.123. The highest BCUT2D eigenvalue weighted by atomic mass is 32.1. The number of amides is 2. The number of thiophene rings is 1. The molecule has 4 heteroatoms. The average Bonchev–Trinajstić information content (AvgIpc) is 2.63. The zero-order chi connectivity index (χ0) is 9.26. The maximum absolute atomic E-state index is 11.1. The third-order valence-corrected chi connectivity index (χ3v) is 2.65. The Morgan fingerprint density at radius 3 is 2.77 bits per heavy atom. The van der Waals surface area contributed by atoms with Gasteiger partial charge in [0.1, 0.15) is 0 Å². The molecule has 0 bridgehead atoms. The van der Waals surface area contributed by atoms with E-state index >= 15 is 0 Å². The molecule has 0 aliphatic carbocycles. The van der Waals surface area contributed by atoms with Gasteiger partial charge in [-0.3, -0.25) is 14.9 Å². The van der Waals surface area contributed by atoms with E-state index in [4.69, 9.17) is 0 Å². The van der Waals surface area contributed by atoms with Crippen LogP contribution in [0.4, 0.5) is 0 Å². The predicted octanol–water partition coefficient (Wildman–Crippen LogP) is 0.873. The Balaban J connectivity index is 2.15. The summed E-state index contributed by atoms with van der Waals surface area (Å²) in [6.45, 7) is 0. The van der Waals surface area contributed by atoms with Crippen LogP contribution in [-0.4, -0.2) is 11.8 Å². The molecule has 0 radical (unpaired) electrons. The van der Waals surface area contributed by atoms with Crippen molar-refractivity contribution >= 4 is 23.2 Å². The Labute approximate surface area is 79.1 Å². The molecule has 0 atom stereocenters. The van der Waals surface area contributed by atoms with Gasteiger partial charge >= 0.3 is 0 Å². The fourth-order valence-corrected chi connectivity index (χ4v) is 1.91. The van der Waals surface area contributed by atoms with Crippen molar-refractivity contribution in [2.45, 2.75) is 6.42 Å². The molecule has 0 saturated carbocycles. The Morgan fingerprint density at radius 1 is 1.38 bits per heavy atom. The number of carbonyl (C=O) groups is 2. The fraction of sp³-hybridized carbons (Fsp3) is 0.111. The van der Waals surface area contributed by atoms with Crippen LogP contribution in [0.1, 0.15) is 4.88 Å². The summed E-state index contributed by atoms with van der Waals surface area (Å²) in [5.74, 6) is -0.574. The molecule has 1 aromatic heterocycles. The fourth-order valence-electron chi connectivity index (χ4n) is 1.18. The lowest BCUT2D eigenvalue weighted by atomic mass is 10.2. The summed E-state index contributed by atoms with van der Waals surface area (Å²) in [5.41, 5.74) is 0.549. The summed E-state index contributed by atoms with van der Waals surface area (Å²) >= 11 is 1.58. The molecule has 1 aromatic rings. The Morgan fingerprint density at radius 2 is 2.23 bits per heavy atom. The summed E-state index contributed by atoms with van der Waals surface area (Å²) in [6, 6.07) is 3.87. The summed E-state index contributed by atoms with van der Waals surface area (Å²) < 4.78 is 0. The van der Waals surface area contributed by atoms with Gasteiger partial charge in [-0.25, -0.2) is 0 Å². The van der Waals surface area contributed by atoms with Gasteiger partial charge in [-0.05, 0) is 11.4 Å². The quantitative estimate of drug-likeness (QED) is 0.708. The molecule has 3 nitrogen and oxygen atoms in total. The van der Waals surface area contributed by atoms with E-state index in [1.54, 1.807) is 11.3 Å². The maximum Gasteiger partial charge on any atom is 0.254 e. The third kappa shape index (κ3) is 1.67. The highest BCUT2D eigenvalue weighted by Gasteiger charge is 2.20. The summed E-state index contributed by atoms with van der Waals surface area (Å²) in [6.07, 6.45) is 1.91. The highest BCUT2D eigenvalue weighted by Crippen LogP contribution is 2.15. The lowest BCUT2D eigenvalue weighted by Crippen LogP contribution is -2.22. The van der Waals surface area contributed by atoms with Gasteiger partial charge in [-0.2, -0.15) is 0 Å². The molecule has 0 fully saturated rings. The van der Waals surface area contributed by atoms with Crippen LogP contribution in [-0.2, 0) is 16.0 Å². The number of nitrogens with one attached hydrogen (secondary N) is 1. The van der Waals surface area contributed by atoms with Gasteiger partial charge in [0.15, 0.2) is 0 Å². The van der Waals surface area contributed by atoms with Crippen LogP contribution < -0.4 is 5.32 Å². The van der Waals surface area contributed by atoms with E-state index in [9.17, 15) is 9.59 Å². The van der Waals surface area contributed by atoms with Crippen molar-refractivity contribution in [1.82, 2.24) is 5.32 Å². The van der Waals surface area contributed by atoms with Crippen molar-refractivity contribution in [2.75, 3.05) is 0 Å². The molecule has 0 aromatic carbocycles. The first-order valence-corrected chi connectivity index (χ1v) is 4.72.